The molecule has 2 heterocycles. The molecule has 3 rings (SSSR count). The second-order valence-corrected chi connectivity index (χ2v) is 4.70. The number of ether oxygens (including phenoxy) is 1. The molecule has 0 aliphatic carbocycles. The highest BCUT2D eigenvalue weighted by atomic mass is 35.5. The number of hydrogen-bond donors (Lipinski definition) is 2. The summed E-state index contributed by atoms with van der Waals surface area (Å²) < 4.78 is 5.30. The van der Waals surface area contributed by atoms with E-state index in [1.165, 1.54) is 29.3 Å². The number of piperidine rings is 1. The van der Waals surface area contributed by atoms with Crippen LogP contribution >= 0.6 is 12.4 Å². The second-order valence-electron chi connectivity index (χ2n) is 4.70. The van der Waals surface area contributed by atoms with Crippen molar-refractivity contribution in [3.05, 3.63) is 30.0 Å². The van der Waals surface area contributed by atoms with Gasteiger partial charge in [0.05, 0.1) is 7.11 Å². The van der Waals surface area contributed by atoms with Crippen LogP contribution in [0.2, 0.25) is 0 Å². The van der Waals surface area contributed by atoms with Crippen LogP contribution < -0.4 is 10.1 Å². The summed E-state index contributed by atoms with van der Waals surface area (Å²) in [6.45, 7) is 2.24. The quantitative estimate of drug-likeness (QED) is 0.877. The van der Waals surface area contributed by atoms with E-state index in [1.807, 2.05) is 6.07 Å². The molecule has 1 unspecified atom stereocenters. The van der Waals surface area contributed by atoms with Gasteiger partial charge in [0, 0.05) is 23.6 Å². The van der Waals surface area contributed by atoms with Crippen molar-refractivity contribution < 1.29 is 4.74 Å². The number of benzene rings is 1. The number of fused-ring (bicyclic) bond motifs is 1. The third-order valence-corrected chi connectivity index (χ3v) is 3.66. The molecule has 2 N–H and O–H groups in total. The molecule has 1 aliphatic heterocycles. The highest BCUT2D eigenvalue weighted by molar-refractivity contribution is 5.85. The SMILES string of the molecule is COc1ccc2[nH]cc(C3CCCNC3)c2c1.Cl. The molecule has 1 aliphatic rings. The molecule has 0 amide bonds. The number of hydrogen-bond acceptors (Lipinski definition) is 2. The molecule has 1 fully saturated rings. The van der Waals surface area contributed by atoms with Gasteiger partial charge in [-0.25, -0.2) is 0 Å². The maximum Gasteiger partial charge on any atom is 0.119 e. The van der Waals surface area contributed by atoms with E-state index in [0.29, 0.717) is 5.92 Å². The summed E-state index contributed by atoms with van der Waals surface area (Å²) in [5.74, 6) is 1.56. The summed E-state index contributed by atoms with van der Waals surface area (Å²) in [5.41, 5.74) is 2.62. The van der Waals surface area contributed by atoms with Gasteiger partial charge < -0.3 is 15.0 Å². The first-order chi connectivity index (χ1) is 8.38. The Labute approximate surface area is 113 Å². The first kappa shape index (κ1) is 13.2. The topological polar surface area (TPSA) is 37.0 Å². The van der Waals surface area contributed by atoms with Crippen LogP contribution in [0, 0.1) is 0 Å². The van der Waals surface area contributed by atoms with Crippen molar-refractivity contribution in [3.63, 3.8) is 0 Å². The van der Waals surface area contributed by atoms with Gasteiger partial charge in [-0.2, -0.15) is 0 Å². The van der Waals surface area contributed by atoms with Crippen molar-refractivity contribution in [2.45, 2.75) is 18.8 Å². The molecule has 1 aromatic carbocycles. The smallest absolute Gasteiger partial charge is 0.119 e. The minimum atomic E-state index is 0. The van der Waals surface area contributed by atoms with E-state index in [4.69, 9.17) is 4.74 Å². The van der Waals surface area contributed by atoms with E-state index in [-0.39, 0.29) is 12.4 Å². The van der Waals surface area contributed by atoms with Gasteiger partial charge in [-0.1, -0.05) is 0 Å². The zero-order valence-corrected chi connectivity index (χ0v) is 11.3. The lowest BCUT2D eigenvalue weighted by atomic mass is 9.91. The van der Waals surface area contributed by atoms with Crippen molar-refractivity contribution >= 4 is 23.3 Å². The van der Waals surface area contributed by atoms with E-state index in [9.17, 15) is 0 Å². The number of nitrogens with one attached hydrogen (secondary N) is 2. The van der Waals surface area contributed by atoms with Crippen molar-refractivity contribution in [2.75, 3.05) is 20.2 Å². The molecule has 18 heavy (non-hydrogen) atoms. The average Bonchev–Trinajstić information content (AvgIpc) is 2.82. The van der Waals surface area contributed by atoms with E-state index in [1.54, 1.807) is 7.11 Å². The highest BCUT2D eigenvalue weighted by Gasteiger charge is 2.18. The van der Waals surface area contributed by atoms with Crippen LogP contribution in [-0.2, 0) is 0 Å². The molecular weight excluding hydrogens is 248 g/mol. The normalized spacial score (nSPS) is 19.5. The number of aromatic nitrogens is 1. The van der Waals surface area contributed by atoms with Gasteiger partial charge in [-0.05, 0) is 49.1 Å². The van der Waals surface area contributed by atoms with E-state index >= 15 is 0 Å². The van der Waals surface area contributed by atoms with Crippen LogP contribution in [0.5, 0.6) is 5.75 Å². The van der Waals surface area contributed by atoms with E-state index in [0.717, 1.165) is 18.8 Å². The Kier molecular flexibility index (Phi) is 4.15. The fraction of sp³-hybridized carbons (Fsp3) is 0.429. The first-order valence-corrected chi connectivity index (χ1v) is 6.24. The van der Waals surface area contributed by atoms with Crippen LogP contribution in [0.25, 0.3) is 10.9 Å². The Morgan fingerprint density at radius 2 is 2.22 bits per heavy atom. The molecule has 0 radical (unpaired) electrons. The maximum absolute atomic E-state index is 5.30. The lowest BCUT2D eigenvalue weighted by molar-refractivity contribution is 0.415. The molecule has 4 heteroatoms. The Bertz CT molecular complexity index is 517. The molecule has 1 saturated heterocycles. The molecule has 3 nitrogen and oxygen atoms in total. The highest BCUT2D eigenvalue weighted by Crippen LogP contribution is 2.31. The van der Waals surface area contributed by atoms with Gasteiger partial charge in [0.25, 0.3) is 0 Å². The molecule has 1 atom stereocenters. The van der Waals surface area contributed by atoms with Crippen LogP contribution in [-0.4, -0.2) is 25.2 Å². The minimum Gasteiger partial charge on any atom is -0.497 e. The largest absolute Gasteiger partial charge is 0.497 e. The van der Waals surface area contributed by atoms with Gasteiger partial charge >= 0.3 is 0 Å². The molecule has 0 bridgehead atoms. The van der Waals surface area contributed by atoms with Gasteiger partial charge in [0.2, 0.25) is 0 Å². The number of methoxy groups -OCH3 is 1. The lowest BCUT2D eigenvalue weighted by Gasteiger charge is -2.22. The number of halogens is 1. The predicted octanol–water partition coefficient (Wildman–Crippen LogP) is 3.07. The summed E-state index contributed by atoms with van der Waals surface area (Å²) in [7, 11) is 1.72. The van der Waals surface area contributed by atoms with Gasteiger partial charge in [0.15, 0.2) is 0 Å². The molecule has 0 spiro atoms. The number of aromatic amines is 1. The Balaban J connectivity index is 0.00000120. The zero-order valence-electron chi connectivity index (χ0n) is 10.5. The van der Waals surface area contributed by atoms with Crippen molar-refractivity contribution in [1.82, 2.24) is 10.3 Å². The van der Waals surface area contributed by atoms with Crippen LogP contribution in [0.15, 0.2) is 24.4 Å². The number of H-pyrrole nitrogens is 1. The summed E-state index contributed by atoms with van der Waals surface area (Å²) >= 11 is 0. The van der Waals surface area contributed by atoms with Crippen molar-refractivity contribution in [3.8, 4) is 5.75 Å². The van der Waals surface area contributed by atoms with Crippen LogP contribution in [0.4, 0.5) is 0 Å². The van der Waals surface area contributed by atoms with E-state index in [2.05, 4.69) is 28.6 Å². The fourth-order valence-electron chi connectivity index (χ4n) is 2.70. The summed E-state index contributed by atoms with van der Waals surface area (Å²) in [6, 6.07) is 6.23. The molecular formula is C14H19ClN2O. The fourth-order valence-corrected chi connectivity index (χ4v) is 2.70. The molecule has 98 valence electrons. The average molecular weight is 267 g/mol. The standard InChI is InChI=1S/C14H18N2O.ClH/c1-17-11-4-5-14-12(7-11)13(9-16-14)10-3-2-6-15-8-10;/h4-5,7,9-10,15-16H,2-3,6,8H2,1H3;1H. The van der Waals surface area contributed by atoms with Crippen molar-refractivity contribution in [1.29, 1.82) is 0 Å². The Hall–Kier alpha value is -1.19. The minimum absolute atomic E-state index is 0. The first-order valence-electron chi connectivity index (χ1n) is 6.24. The monoisotopic (exact) mass is 266 g/mol. The Morgan fingerprint density at radius 1 is 1.33 bits per heavy atom. The van der Waals surface area contributed by atoms with Crippen LogP contribution in [0.1, 0.15) is 24.3 Å². The molecule has 1 aromatic heterocycles. The van der Waals surface area contributed by atoms with Gasteiger partial charge in [-0.3, -0.25) is 0 Å². The maximum atomic E-state index is 5.30. The Morgan fingerprint density at radius 3 is 2.94 bits per heavy atom. The third kappa shape index (κ3) is 2.33. The van der Waals surface area contributed by atoms with Gasteiger partial charge in [0.1, 0.15) is 5.75 Å². The number of rotatable bonds is 2. The summed E-state index contributed by atoms with van der Waals surface area (Å²) in [5, 5.41) is 4.78. The van der Waals surface area contributed by atoms with Crippen LogP contribution in [0.3, 0.4) is 0 Å². The summed E-state index contributed by atoms with van der Waals surface area (Å²) in [6.07, 6.45) is 4.69. The van der Waals surface area contributed by atoms with E-state index < -0.39 is 0 Å². The third-order valence-electron chi connectivity index (χ3n) is 3.66. The second kappa shape index (κ2) is 5.63. The van der Waals surface area contributed by atoms with Gasteiger partial charge in [-0.15, -0.1) is 12.4 Å². The zero-order chi connectivity index (χ0) is 11.7. The lowest BCUT2D eigenvalue weighted by Crippen LogP contribution is -2.28. The predicted molar refractivity (Wildman–Crippen MR) is 76.9 cm³/mol. The molecule has 2 aromatic rings. The summed E-state index contributed by atoms with van der Waals surface area (Å²) in [4.78, 5) is 3.35. The molecule has 0 saturated carbocycles. The van der Waals surface area contributed by atoms with Crippen molar-refractivity contribution in [2.24, 2.45) is 0 Å².